The maximum atomic E-state index is 12.6. The normalized spacial score (nSPS) is 11.9. The first-order valence-corrected chi connectivity index (χ1v) is 9.02. The van der Waals surface area contributed by atoms with Crippen molar-refractivity contribution in [3.63, 3.8) is 0 Å². The fourth-order valence-electron chi connectivity index (χ4n) is 3.25. The molecule has 6 heteroatoms. The van der Waals surface area contributed by atoms with Crippen LogP contribution in [0.2, 0.25) is 0 Å². The van der Waals surface area contributed by atoms with E-state index in [1.54, 1.807) is 21.3 Å². The predicted octanol–water partition coefficient (Wildman–Crippen LogP) is 2.96. The van der Waals surface area contributed by atoms with Gasteiger partial charge in [0.15, 0.2) is 0 Å². The molecule has 1 heterocycles. The lowest BCUT2D eigenvalue weighted by Crippen LogP contribution is -2.30. The summed E-state index contributed by atoms with van der Waals surface area (Å²) in [5, 5.41) is 11.8. The van der Waals surface area contributed by atoms with Crippen LogP contribution in [0.3, 0.4) is 0 Å². The topological polar surface area (TPSA) is 79.8 Å². The van der Waals surface area contributed by atoms with Crippen molar-refractivity contribution in [1.82, 2.24) is 14.5 Å². The second-order valence-electron chi connectivity index (χ2n) is 6.44. The third-order valence-electron chi connectivity index (χ3n) is 4.72. The van der Waals surface area contributed by atoms with Crippen molar-refractivity contribution in [3.05, 3.63) is 70.1 Å². The van der Waals surface area contributed by atoms with Crippen LogP contribution < -0.4 is 11.0 Å². The Bertz CT molecular complexity index is 1050. The lowest BCUT2D eigenvalue weighted by Gasteiger charge is -2.14. The van der Waals surface area contributed by atoms with Crippen LogP contribution in [-0.2, 0) is 17.9 Å². The smallest absolute Gasteiger partial charge is 0.329 e. The van der Waals surface area contributed by atoms with Gasteiger partial charge in [0.1, 0.15) is 0 Å². The van der Waals surface area contributed by atoms with Crippen LogP contribution >= 0.6 is 0 Å². The van der Waals surface area contributed by atoms with Gasteiger partial charge < -0.3 is 5.32 Å². The molecule has 3 aromatic rings. The highest BCUT2D eigenvalue weighted by atomic mass is 16.2. The zero-order chi connectivity index (χ0) is 19.4. The van der Waals surface area contributed by atoms with E-state index < -0.39 is 0 Å². The van der Waals surface area contributed by atoms with Crippen LogP contribution in [0.1, 0.15) is 37.4 Å². The molecular weight excluding hydrogens is 340 g/mol. The maximum Gasteiger partial charge on any atom is 0.329 e. The summed E-state index contributed by atoms with van der Waals surface area (Å²) in [6.45, 7) is 4.76. The Balaban J connectivity index is 1.69. The zero-order valence-corrected chi connectivity index (χ0v) is 15.5. The van der Waals surface area contributed by atoms with Crippen LogP contribution in [0, 0.1) is 11.3 Å². The van der Waals surface area contributed by atoms with E-state index in [2.05, 4.69) is 11.4 Å². The molecule has 0 aliphatic rings. The molecule has 138 valence electrons. The SMILES string of the molecule is CCn1c(=O)n(CCC(=O)NC(C)c2ccc(C#N)cc2)c2ccccc21. The Morgan fingerprint density at radius 3 is 2.33 bits per heavy atom. The van der Waals surface area contributed by atoms with Crippen LogP contribution in [0.4, 0.5) is 0 Å². The molecule has 1 N–H and O–H groups in total. The number of rotatable bonds is 6. The molecule has 2 aromatic carbocycles. The number of para-hydroxylation sites is 2. The van der Waals surface area contributed by atoms with Gasteiger partial charge in [0.25, 0.3) is 0 Å². The number of imidazole rings is 1. The minimum absolute atomic E-state index is 0.0911. The average Bonchev–Trinajstić information content (AvgIpc) is 2.97. The standard InChI is InChI=1S/C21H22N4O2/c1-3-24-18-6-4-5-7-19(18)25(21(24)27)13-12-20(26)23-15(2)17-10-8-16(14-22)9-11-17/h4-11,15H,3,12-13H2,1-2H3,(H,23,26). The third kappa shape index (κ3) is 3.77. The number of benzene rings is 2. The summed E-state index contributed by atoms with van der Waals surface area (Å²) in [5.41, 5.74) is 3.16. The Labute approximate surface area is 157 Å². The largest absolute Gasteiger partial charge is 0.350 e. The molecule has 0 bridgehead atoms. The molecule has 6 nitrogen and oxygen atoms in total. The van der Waals surface area contributed by atoms with Crippen molar-refractivity contribution < 1.29 is 4.79 Å². The van der Waals surface area contributed by atoms with Crippen molar-refractivity contribution in [3.8, 4) is 6.07 Å². The lowest BCUT2D eigenvalue weighted by atomic mass is 10.1. The van der Waals surface area contributed by atoms with E-state index in [1.165, 1.54) is 0 Å². The fourth-order valence-corrected chi connectivity index (χ4v) is 3.25. The van der Waals surface area contributed by atoms with Crippen molar-refractivity contribution in [2.75, 3.05) is 0 Å². The predicted molar refractivity (Wildman–Crippen MR) is 104 cm³/mol. The first-order chi connectivity index (χ1) is 13.0. The van der Waals surface area contributed by atoms with E-state index in [4.69, 9.17) is 5.26 Å². The number of fused-ring (bicyclic) bond motifs is 1. The number of nitrogens with one attached hydrogen (secondary N) is 1. The molecule has 0 aliphatic heterocycles. The highest BCUT2D eigenvalue weighted by molar-refractivity contribution is 5.78. The summed E-state index contributed by atoms with van der Waals surface area (Å²) in [7, 11) is 0. The van der Waals surface area contributed by atoms with Crippen molar-refractivity contribution in [2.45, 2.75) is 39.4 Å². The summed E-state index contributed by atoms with van der Waals surface area (Å²) in [6, 6.07) is 16.7. The average molecular weight is 362 g/mol. The lowest BCUT2D eigenvalue weighted by molar-refractivity contribution is -0.121. The molecule has 0 aliphatic carbocycles. The number of amides is 1. The number of nitriles is 1. The van der Waals surface area contributed by atoms with Gasteiger partial charge in [0.2, 0.25) is 5.91 Å². The molecule has 0 saturated heterocycles. The first-order valence-electron chi connectivity index (χ1n) is 9.02. The zero-order valence-electron chi connectivity index (χ0n) is 15.5. The Hall–Kier alpha value is -3.33. The summed E-state index contributed by atoms with van der Waals surface area (Å²) in [5.74, 6) is -0.118. The molecule has 1 unspecified atom stereocenters. The Morgan fingerprint density at radius 1 is 1.11 bits per heavy atom. The van der Waals surface area contributed by atoms with Crippen LogP contribution in [0.15, 0.2) is 53.3 Å². The first kappa shape index (κ1) is 18.5. The molecule has 1 atom stereocenters. The van der Waals surface area contributed by atoms with Gasteiger partial charge in [-0.2, -0.15) is 5.26 Å². The number of hydrogen-bond acceptors (Lipinski definition) is 3. The maximum absolute atomic E-state index is 12.6. The van der Waals surface area contributed by atoms with Gasteiger partial charge in [0, 0.05) is 19.5 Å². The van der Waals surface area contributed by atoms with Gasteiger partial charge in [0.05, 0.1) is 28.7 Å². The molecule has 1 amide bonds. The Morgan fingerprint density at radius 2 is 1.74 bits per heavy atom. The highest BCUT2D eigenvalue weighted by Gasteiger charge is 2.14. The van der Waals surface area contributed by atoms with Crippen molar-refractivity contribution in [1.29, 1.82) is 5.26 Å². The minimum atomic E-state index is -0.168. The van der Waals surface area contributed by atoms with Gasteiger partial charge in [-0.15, -0.1) is 0 Å². The monoisotopic (exact) mass is 362 g/mol. The summed E-state index contributed by atoms with van der Waals surface area (Å²) in [4.78, 5) is 25.0. The second-order valence-corrected chi connectivity index (χ2v) is 6.44. The molecular formula is C21H22N4O2. The second kappa shape index (κ2) is 7.92. The summed E-state index contributed by atoms with van der Waals surface area (Å²) < 4.78 is 3.37. The molecule has 1 aromatic heterocycles. The van der Waals surface area contributed by atoms with E-state index in [9.17, 15) is 9.59 Å². The molecule has 0 fully saturated rings. The number of aromatic nitrogens is 2. The molecule has 0 radical (unpaired) electrons. The van der Waals surface area contributed by atoms with Gasteiger partial charge in [-0.1, -0.05) is 24.3 Å². The molecule has 0 saturated carbocycles. The Kier molecular flexibility index (Phi) is 5.41. The molecule has 0 spiro atoms. The van der Waals surface area contributed by atoms with Crippen LogP contribution in [0.25, 0.3) is 11.0 Å². The highest BCUT2D eigenvalue weighted by Crippen LogP contribution is 2.15. The van der Waals surface area contributed by atoms with E-state index in [1.807, 2.05) is 50.2 Å². The number of carbonyl (C=O) groups is 1. The minimum Gasteiger partial charge on any atom is -0.350 e. The molecule has 3 rings (SSSR count). The summed E-state index contributed by atoms with van der Waals surface area (Å²) >= 11 is 0. The molecule has 27 heavy (non-hydrogen) atoms. The number of carbonyl (C=O) groups excluding carboxylic acids is 1. The number of nitrogens with zero attached hydrogens (tertiary/aromatic N) is 3. The van der Waals surface area contributed by atoms with E-state index in [0.717, 1.165) is 16.6 Å². The van der Waals surface area contributed by atoms with Crippen molar-refractivity contribution in [2.24, 2.45) is 0 Å². The van der Waals surface area contributed by atoms with Gasteiger partial charge in [-0.25, -0.2) is 4.79 Å². The quantitative estimate of drug-likeness (QED) is 0.732. The van der Waals surface area contributed by atoms with E-state index in [0.29, 0.717) is 18.7 Å². The third-order valence-corrected chi connectivity index (χ3v) is 4.72. The summed E-state index contributed by atoms with van der Waals surface area (Å²) in [6.07, 6.45) is 0.220. The fraction of sp³-hybridized carbons (Fsp3) is 0.286. The van der Waals surface area contributed by atoms with Crippen molar-refractivity contribution >= 4 is 16.9 Å². The van der Waals surface area contributed by atoms with Crippen LogP contribution in [0.5, 0.6) is 0 Å². The van der Waals surface area contributed by atoms with Gasteiger partial charge in [-0.3, -0.25) is 13.9 Å². The van der Waals surface area contributed by atoms with Gasteiger partial charge >= 0.3 is 5.69 Å². The van der Waals surface area contributed by atoms with Gasteiger partial charge in [-0.05, 0) is 43.7 Å². The van der Waals surface area contributed by atoms with E-state index in [-0.39, 0.29) is 24.1 Å². The number of hydrogen-bond donors (Lipinski definition) is 1. The van der Waals surface area contributed by atoms with E-state index >= 15 is 0 Å². The number of aryl methyl sites for hydroxylation is 2. The van der Waals surface area contributed by atoms with Crippen LogP contribution in [-0.4, -0.2) is 15.0 Å².